The number of amides is 2. The number of likely N-dealkylation sites (tertiary alicyclic amines) is 1. The Kier molecular flexibility index (Phi) is 11.1. The van der Waals surface area contributed by atoms with E-state index in [4.69, 9.17) is 16.6 Å². The Morgan fingerprint density at radius 3 is 2.40 bits per heavy atom. The standard InChI is InChI=1S/C44H52ClFN8O5S/c1-27-20-32(7-8-36(27)49-43-47-25-29-21-34(45)42(57)54(40(29)51-43)31-4-2-3-5-31)60(58,59)33-23-44(24-33)14-18-52(19-15-44)26-28-12-16-53(17-13-28)38-10-6-30(22-35(38)46)48-37-9-11-39(55)50-41(37)56/h6-8,10,20-22,25,28,31,33,37,48H,2-5,9,11-19,23-24,26H2,1H3,(H,47,49,51)(H,50,55,56)/t37-/m1/s1. The lowest BCUT2D eigenvalue weighted by Gasteiger charge is -2.52. The Balaban J connectivity index is 0.751. The Labute approximate surface area is 354 Å². The van der Waals surface area contributed by atoms with Crippen molar-refractivity contribution >= 4 is 67.3 Å². The van der Waals surface area contributed by atoms with Crippen LogP contribution in [0.2, 0.25) is 5.02 Å². The molecule has 318 valence electrons. The van der Waals surface area contributed by atoms with Crippen LogP contribution < -0.4 is 26.4 Å². The zero-order valence-electron chi connectivity index (χ0n) is 33.9. The molecule has 0 radical (unpaired) electrons. The van der Waals surface area contributed by atoms with Crippen molar-refractivity contribution < 1.29 is 22.4 Å². The number of imide groups is 1. The smallest absolute Gasteiger partial charge is 0.271 e. The number of carbonyl (C=O) groups is 2. The molecule has 0 unspecified atom stereocenters. The third-order valence-electron chi connectivity index (χ3n) is 13.9. The Morgan fingerprint density at radius 1 is 0.950 bits per heavy atom. The molecule has 5 aliphatic rings. The lowest BCUT2D eigenvalue weighted by Crippen LogP contribution is -2.52. The van der Waals surface area contributed by atoms with Gasteiger partial charge in [-0.25, -0.2) is 17.8 Å². The summed E-state index contributed by atoms with van der Waals surface area (Å²) in [5.74, 6) is -0.150. The van der Waals surface area contributed by atoms with Crippen molar-refractivity contribution in [3.05, 3.63) is 75.4 Å². The number of piperidine rings is 3. The molecule has 16 heteroatoms. The molecule has 3 saturated heterocycles. The molecule has 1 spiro atoms. The second-order valence-corrected chi connectivity index (χ2v) is 20.4. The van der Waals surface area contributed by atoms with Gasteiger partial charge < -0.3 is 20.4 Å². The number of hydrogen-bond acceptors (Lipinski definition) is 11. The molecule has 2 aliphatic carbocycles. The van der Waals surface area contributed by atoms with Crippen LogP contribution in [0.3, 0.4) is 0 Å². The number of nitrogens with zero attached hydrogens (tertiary/aromatic N) is 5. The fraction of sp³-hybridized carbons (Fsp3) is 0.523. The maximum Gasteiger partial charge on any atom is 0.271 e. The Hall–Kier alpha value is -4.60. The van der Waals surface area contributed by atoms with Crippen molar-refractivity contribution in [3.8, 4) is 0 Å². The molecular weight excluding hydrogens is 807 g/mol. The summed E-state index contributed by atoms with van der Waals surface area (Å²) in [5.41, 5.74) is 2.91. The third kappa shape index (κ3) is 8.12. The van der Waals surface area contributed by atoms with Crippen LogP contribution in [0.25, 0.3) is 11.0 Å². The van der Waals surface area contributed by atoms with E-state index >= 15 is 4.39 Å². The van der Waals surface area contributed by atoms with Gasteiger partial charge in [-0.3, -0.25) is 24.3 Å². The predicted molar refractivity (Wildman–Crippen MR) is 230 cm³/mol. The molecule has 13 nitrogen and oxygen atoms in total. The van der Waals surface area contributed by atoms with E-state index in [9.17, 15) is 22.8 Å². The first-order valence-electron chi connectivity index (χ1n) is 21.4. The monoisotopic (exact) mass is 858 g/mol. The molecule has 3 N–H and O–H groups in total. The van der Waals surface area contributed by atoms with Gasteiger partial charge in [-0.1, -0.05) is 24.4 Å². The summed E-state index contributed by atoms with van der Waals surface area (Å²) in [4.78, 5) is 50.8. The van der Waals surface area contributed by atoms with Gasteiger partial charge in [0.2, 0.25) is 17.8 Å². The number of nitrogens with one attached hydrogen (secondary N) is 3. The minimum absolute atomic E-state index is 0.0484. The van der Waals surface area contributed by atoms with E-state index in [-0.39, 0.29) is 46.1 Å². The van der Waals surface area contributed by atoms with Gasteiger partial charge in [0.15, 0.2) is 9.84 Å². The fourth-order valence-electron chi connectivity index (χ4n) is 10.3. The fourth-order valence-corrected chi connectivity index (χ4v) is 12.6. The Morgan fingerprint density at radius 2 is 1.70 bits per heavy atom. The number of aryl methyl sites for hydroxylation is 1. The zero-order chi connectivity index (χ0) is 41.8. The number of fused-ring (bicyclic) bond motifs is 1. The molecule has 5 fully saturated rings. The number of aromatic nitrogens is 3. The van der Waals surface area contributed by atoms with Crippen molar-refractivity contribution in [2.45, 2.75) is 106 Å². The van der Waals surface area contributed by atoms with Gasteiger partial charge in [-0.05, 0) is 137 Å². The summed E-state index contributed by atoms with van der Waals surface area (Å²) < 4.78 is 44.7. The van der Waals surface area contributed by atoms with Crippen molar-refractivity contribution in [2.75, 3.05) is 48.3 Å². The van der Waals surface area contributed by atoms with Crippen LogP contribution in [0.1, 0.15) is 88.7 Å². The largest absolute Gasteiger partial charge is 0.374 e. The van der Waals surface area contributed by atoms with E-state index in [1.54, 1.807) is 47.2 Å². The van der Waals surface area contributed by atoms with E-state index < -0.39 is 21.1 Å². The summed E-state index contributed by atoms with van der Waals surface area (Å²) in [5, 5.41) is 9.09. The first kappa shape index (κ1) is 40.8. The second-order valence-electron chi connectivity index (χ2n) is 17.8. The van der Waals surface area contributed by atoms with Crippen molar-refractivity contribution in [3.63, 3.8) is 0 Å². The van der Waals surface area contributed by atoms with Gasteiger partial charge >= 0.3 is 0 Å². The molecular formula is C44H52ClFN8O5S. The number of carbonyl (C=O) groups excluding carboxylic acids is 2. The van der Waals surface area contributed by atoms with Gasteiger partial charge in [0.05, 0.1) is 15.8 Å². The number of halogens is 2. The third-order valence-corrected chi connectivity index (χ3v) is 16.3. The van der Waals surface area contributed by atoms with Crippen LogP contribution >= 0.6 is 11.6 Å². The normalized spacial score (nSPS) is 22.0. The quantitative estimate of drug-likeness (QED) is 0.143. The number of pyridine rings is 1. The summed E-state index contributed by atoms with van der Waals surface area (Å²) in [6.45, 7) is 6.34. The first-order chi connectivity index (χ1) is 28.8. The lowest BCUT2D eigenvalue weighted by atomic mass is 9.63. The highest BCUT2D eigenvalue weighted by Crippen LogP contribution is 2.53. The van der Waals surface area contributed by atoms with Gasteiger partial charge in [-0.15, -0.1) is 0 Å². The van der Waals surface area contributed by atoms with Gasteiger partial charge in [0.1, 0.15) is 22.5 Å². The topological polar surface area (TPSA) is 159 Å². The number of sulfone groups is 1. The second kappa shape index (κ2) is 16.4. The maximum atomic E-state index is 15.2. The molecule has 60 heavy (non-hydrogen) atoms. The summed E-state index contributed by atoms with van der Waals surface area (Å²) >= 11 is 6.30. The van der Waals surface area contributed by atoms with Crippen molar-refractivity contribution in [1.29, 1.82) is 0 Å². The highest BCUT2D eigenvalue weighted by atomic mass is 35.5. The summed E-state index contributed by atoms with van der Waals surface area (Å²) in [6.07, 6.45) is 11.5. The van der Waals surface area contributed by atoms with Gasteiger partial charge in [0.25, 0.3) is 5.56 Å². The first-order valence-corrected chi connectivity index (χ1v) is 23.3. The molecule has 2 amide bonds. The van der Waals surface area contributed by atoms with E-state index in [0.717, 1.165) is 89.7 Å². The average molecular weight is 859 g/mol. The number of hydrogen-bond donors (Lipinski definition) is 3. The van der Waals surface area contributed by atoms with Gasteiger partial charge in [-0.2, -0.15) is 4.98 Å². The average Bonchev–Trinajstić information content (AvgIpc) is 3.75. The summed E-state index contributed by atoms with van der Waals surface area (Å²) in [7, 11) is -3.51. The molecule has 0 bridgehead atoms. The molecule has 1 atom stereocenters. The Bertz CT molecular complexity index is 2490. The highest BCUT2D eigenvalue weighted by molar-refractivity contribution is 7.92. The van der Waals surface area contributed by atoms with Crippen LogP contribution in [0.15, 0.2) is 58.4 Å². The molecule has 4 aromatic rings. The zero-order valence-corrected chi connectivity index (χ0v) is 35.5. The van der Waals surface area contributed by atoms with E-state index in [2.05, 4.69) is 30.7 Å². The van der Waals surface area contributed by atoms with Gasteiger partial charge in [0, 0.05) is 55.1 Å². The van der Waals surface area contributed by atoms with E-state index in [0.29, 0.717) is 64.1 Å². The minimum Gasteiger partial charge on any atom is -0.374 e. The number of rotatable bonds is 10. The minimum atomic E-state index is -3.51. The lowest BCUT2D eigenvalue weighted by molar-refractivity contribution is -0.133. The van der Waals surface area contributed by atoms with E-state index in [1.807, 2.05) is 6.92 Å². The molecule has 2 aromatic heterocycles. The molecule has 5 heterocycles. The van der Waals surface area contributed by atoms with E-state index in [1.165, 1.54) is 6.07 Å². The van der Waals surface area contributed by atoms with Crippen molar-refractivity contribution in [1.82, 2.24) is 24.8 Å². The highest BCUT2D eigenvalue weighted by Gasteiger charge is 2.51. The predicted octanol–water partition coefficient (Wildman–Crippen LogP) is 6.90. The van der Waals surface area contributed by atoms with Crippen LogP contribution in [-0.2, 0) is 19.4 Å². The molecule has 3 aliphatic heterocycles. The molecule has 2 saturated carbocycles. The van der Waals surface area contributed by atoms with Crippen molar-refractivity contribution in [2.24, 2.45) is 11.3 Å². The van der Waals surface area contributed by atoms with Crippen LogP contribution in [-0.4, -0.2) is 83.7 Å². The van der Waals surface area contributed by atoms with Crippen LogP contribution in [0, 0.1) is 24.1 Å². The number of anilines is 4. The van der Waals surface area contributed by atoms with Crippen LogP contribution in [0.5, 0.6) is 0 Å². The SMILES string of the molecule is Cc1cc(S(=O)(=O)C2CC3(CCN(CC4CCN(c5ccc(N[C@@H]6CCC(=O)NC6=O)cc5F)CC4)CC3)C2)ccc1Nc1ncc2cc(Cl)c(=O)n(C3CCCC3)c2n1. The molecule has 9 rings (SSSR count). The maximum absolute atomic E-state index is 15.2. The van der Waals surface area contributed by atoms with Crippen LogP contribution in [0.4, 0.5) is 27.4 Å². The number of benzene rings is 2. The molecule has 2 aromatic carbocycles. The summed E-state index contributed by atoms with van der Waals surface area (Å²) in [6, 6.07) is 11.3.